The molecule has 3 aromatic rings. The molecule has 4 heteroatoms. The van der Waals surface area contributed by atoms with E-state index in [-0.39, 0.29) is 5.56 Å². The molecule has 0 aliphatic heterocycles. The third-order valence-electron chi connectivity index (χ3n) is 3.18. The van der Waals surface area contributed by atoms with E-state index in [1.807, 2.05) is 30.3 Å². The van der Waals surface area contributed by atoms with Crippen LogP contribution in [0.25, 0.3) is 10.9 Å². The second kappa shape index (κ2) is 5.63. The van der Waals surface area contributed by atoms with Crippen molar-refractivity contribution in [3.05, 3.63) is 71.9 Å². The van der Waals surface area contributed by atoms with Crippen LogP contribution in [0, 0.1) is 0 Å². The Balaban J connectivity index is 1.82. The predicted octanol–water partition coefficient (Wildman–Crippen LogP) is 3.51. The summed E-state index contributed by atoms with van der Waals surface area (Å²) in [6, 6.07) is 16.3. The van der Waals surface area contributed by atoms with Crippen LogP contribution in [0.15, 0.2) is 60.8 Å². The minimum Gasteiger partial charge on any atom is -0.488 e. The van der Waals surface area contributed by atoms with E-state index in [0.29, 0.717) is 12.4 Å². The molecule has 3 rings (SSSR count). The molecule has 0 unspecified atom stereocenters. The molecule has 0 amide bonds. The number of benzene rings is 2. The van der Waals surface area contributed by atoms with Gasteiger partial charge in [-0.2, -0.15) is 0 Å². The molecular weight excluding hydrogens is 266 g/mol. The van der Waals surface area contributed by atoms with Gasteiger partial charge in [-0.15, -0.1) is 0 Å². The van der Waals surface area contributed by atoms with Crippen molar-refractivity contribution in [1.82, 2.24) is 4.98 Å². The Kier molecular flexibility index (Phi) is 3.51. The zero-order valence-corrected chi connectivity index (χ0v) is 11.2. The number of carbonyl (C=O) groups is 1. The Morgan fingerprint density at radius 2 is 1.95 bits per heavy atom. The minimum absolute atomic E-state index is 0.167. The fraction of sp³-hybridized carbons (Fsp3) is 0.0588. The molecule has 0 spiro atoms. The van der Waals surface area contributed by atoms with Crippen LogP contribution in [-0.4, -0.2) is 16.1 Å². The number of nitrogens with zero attached hydrogens (tertiary/aromatic N) is 1. The molecule has 2 aromatic carbocycles. The average Bonchev–Trinajstić information content (AvgIpc) is 2.53. The molecule has 1 aromatic heterocycles. The summed E-state index contributed by atoms with van der Waals surface area (Å²) in [6.45, 7) is 0.315. The highest BCUT2D eigenvalue weighted by molar-refractivity contribution is 5.90. The summed E-state index contributed by atoms with van der Waals surface area (Å²) in [7, 11) is 0. The summed E-state index contributed by atoms with van der Waals surface area (Å²) in [6.07, 6.45) is 1.75. The van der Waals surface area contributed by atoms with E-state index < -0.39 is 5.97 Å². The van der Waals surface area contributed by atoms with E-state index in [1.165, 1.54) is 6.07 Å². The van der Waals surface area contributed by atoms with Crippen molar-refractivity contribution < 1.29 is 14.6 Å². The standard InChI is InChI=1S/C17H13NO3/c19-17(20)14-5-1-2-6-16(14)21-11-12-7-8-15-13(10-12)4-3-9-18-15/h1-10H,11H2,(H,19,20). The molecule has 0 aliphatic carbocycles. The third-order valence-corrected chi connectivity index (χ3v) is 3.18. The van der Waals surface area contributed by atoms with E-state index in [2.05, 4.69) is 4.98 Å². The molecule has 104 valence electrons. The van der Waals surface area contributed by atoms with Gasteiger partial charge in [0.15, 0.2) is 0 Å². The smallest absolute Gasteiger partial charge is 0.339 e. The summed E-state index contributed by atoms with van der Waals surface area (Å²) in [5.74, 6) is -0.621. The zero-order chi connectivity index (χ0) is 14.7. The first-order valence-electron chi connectivity index (χ1n) is 6.53. The van der Waals surface area contributed by atoms with E-state index >= 15 is 0 Å². The average molecular weight is 279 g/mol. The Hall–Kier alpha value is -2.88. The molecule has 0 aliphatic rings. The summed E-state index contributed by atoms with van der Waals surface area (Å²) < 4.78 is 5.63. The SMILES string of the molecule is O=C(O)c1ccccc1OCc1ccc2ncccc2c1. The lowest BCUT2D eigenvalue weighted by Gasteiger charge is -2.09. The van der Waals surface area contributed by atoms with Crippen molar-refractivity contribution in [2.75, 3.05) is 0 Å². The maximum absolute atomic E-state index is 11.1. The molecule has 0 radical (unpaired) electrons. The minimum atomic E-state index is -0.992. The Morgan fingerprint density at radius 1 is 1.10 bits per heavy atom. The first-order chi connectivity index (χ1) is 10.2. The van der Waals surface area contributed by atoms with Gasteiger partial charge in [0.2, 0.25) is 0 Å². The second-order valence-corrected chi connectivity index (χ2v) is 4.62. The Labute approximate surface area is 121 Å². The highest BCUT2D eigenvalue weighted by Crippen LogP contribution is 2.20. The number of fused-ring (bicyclic) bond motifs is 1. The van der Waals surface area contributed by atoms with Gasteiger partial charge in [0.25, 0.3) is 0 Å². The summed E-state index contributed by atoms with van der Waals surface area (Å²) >= 11 is 0. The maximum atomic E-state index is 11.1. The normalized spacial score (nSPS) is 10.5. The van der Waals surface area contributed by atoms with Crippen LogP contribution in [0.3, 0.4) is 0 Å². The van der Waals surface area contributed by atoms with Gasteiger partial charge in [-0.1, -0.05) is 24.3 Å². The van der Waals surface area contributed by atoms with Gasteiger partial charge in [-0.25, -0.2) is 4.79 Å². The van der Waals surface area contributed by atoms with Crippen molar-refractivity contribution in [2.24, 2.45) is 0 Å². The molecule has 0 saturated heterocycles. The van der Waals surface area contributed by atoms with Crippen LogP contribution >= 0.6 is 0 Å². The lowest BCUT2D eigenvalue weighted by Crippen LogP contribution is -2.03. The lowest BCUT2D eigenvalue weighted by atomic mass is 10.1. The molecule has 4 nitrogen and oxygen atoms in total. The number of ether oxygens (including phenoxy) is 1. The molecule has 0 fully saturated rings. The summed E-state index contributed by atoms with van der Waals surface area (Å²) in [4.78, 5) is 15.4. The number of hydrogen-bond donors (Lipinski definition) is 1. The fourth-order valence-electron chi connectivity index (χ4n) is 2.15. The third kappa shape index (κ3) is 2.84. The summed E-state index contributed by atoms with van der Waals surface area (Å²) in [5.41, 5.74) is 2.06. The predicted molar refractivity (Wildman–Crippen MR) is 79.5 cm³/mol. The van der Waals surface area contributed by atoms with E-state index in [0.717, 1.165) is 16.5 Å². The van der Waals surface area contributed by atoms with E-state index in [9.17, 15) is 4.79 Å². The molecule has 1 N–H and O–H groups in total. The van der Waals surface area contributed by atoms with Gasteiger partial charge in [0, 0.05) is 11.6 Å². The molecular formula is C17H13NO3. The van der Waals surface area contributed by atoms with Crippen LogP contribution in [0.5, 0.6) is 5.75 Å². The number of aromatic carboxylic acids is 1. The number of rotatable bonds is 4. The van der Waals surface area contributed by atoms with Gasteiger partial charge >= 0.3 is 5.97 Å². The van der Waals surface area contributed by atoms with Gasteiger partial charge in [0.1, 0.15) is 17.9 Å². The van der Waals surface area contributed by atoms with Gasteiger partial charge in [-0.3, -0.25) is 4.98 Å². The number of carboxylic acid groups (broad SMARTS) is 1. The first-order valence-corrected chi connectivity index (χ1v) is 6.53. The molecule has 0 bridgehead atoms. The van der Waals surface area contributed by atoms with Crippen molar-refractivity contribution in [1.29, 1.82) is 0 Å². The van der Waals surface area contributed by atoms with Crippen molar-refractivity contribution >= 4 is 16.9 Å². The van der Waals surface area contributed by atoms with Gasteiger partial charge in [0.05, 0.1) is 5.52 Å². The number of hydrogen-bond acceptors (Lipinski definition) is 3. The van der Waals surface area contributed by atoms with Crippen LogP contribution in [-0.2, 0) is 6.61 Å². The van der Waals surface area contributed by atoms with E-state index in [1.54, 1.807) is 24.4 Å². The topological polar surface area (TPSA) is 59.4 Å². The quantitative estimate of drug-likeness (QED) is 0.794. The van der Waals surface area contributed by atoms with Gasteiger partial charge < -0.3 is 9.84 Å². The van der Waals surface area contributed by atoms with Crippen LogP contribution in [0.4, 0.5) is 0 Å². The first kappa shape index (κ1) is 13.1. The van der Waals surface area contributed by atoms with Crippen LogP contribution < -0.4 is 4.74 Å². The molecule has 0 atom stereocenters. The van der Waals surface area contributed by atoms with Crippen molar-refractivity contribution in [3.8, 4) is 5.75 Å². The number of aromatic nitrogens is 1. The van der Waals surface area contributed by atoms with Crippen LogP contribution in [0.1, 0.15) is 15.9 Å². The van der Waals surface area contributed by atoms with Crippen molar-refractivity contribution in [3.63, 3.8) is 0 Å². The van der Waals surface area contributed by atoms with E-state index in [4.69, 9.17) is 9.84 Å². The highest BCUT2D eigenvalue weighted by atomic mass is 16.5. The summed E-state index contributed by atoms with van der Waals surface area (Å²) in [5, 5.41) is 10.1. The van der Waals surface area contributed by atoms with Crippen molar-refractivity contribution in [2.45, 2.75) is 6.61 Å². The molecule has 1 heterocycles. The number of carboxylic acids is 1. The largest absolute Gasteiger partial charge is 0.488 e. The Bertz CT molecular complexity index is 799. The fourth-order valence-corrected chi connectivity index (χ4v) is 2.15. The maximum Gasteiger partial charge on any atom is 0.339 e. The molecule has 21 heavy (non-hydrogen) atoms. The monoisotopic (exact) mass is 279 g/mol. The highest BCUT2D eigenvalue weighted by Gasteiger charge is 2.10. The van der Waals surface area contributed by atoms with Crippen LogP contribution in [0.2, 0.25) is 0 Å². The Morgan fingerprint density at radius 3 is 2.81 bits per heavy atom. The van der Waals surface area contributed by atoms with Gasteiger partial charge in [-0.05, 0) is 35.9 Å². The zero-order valence-electron chi connectivity index (χ0n) is 11.2. The number of para-hydroxylation sites is 1. The lowest BCUT2D eigenvalue weighted by molar-refractivity contribution is 0.0692. The number of pyridine rings is 1. The second-order valence-electron chi connectivity index (χ2n) is 4.62. The molecule has 0 saturated carbocycles.